The second kappa shape index (κ2) is 17.2. The van der Waals surface area contributed by atoms with Crippen molar-refractivity contribution in [3.8, 4) is 0 Å². The molecule has 11 nitrogen and oxygen atoms in total. The molecule has 0 aliphatic carbocycles. The highest BCUT2D eigenvalue weighted by Gasteiger charge is 2.53. The Bertz CT molecular complexity index is 1380. The van der Waals surface area contributed by atoms with Gasteiger partial charge in [-0.3, -0.25) is 4.79 Å². The van der Waals surface area contributed by atoms with Crippen LogP contribution in [0.1, 0.15) is 118 Å². The molecule has 0 saturated carbocycles. The molecule has 7 saturated heterocycles. The minimum Gasteiger partial charge on any atom is -0.392 e. The molecule has 0 radical (unpaired) electrons. The first kappa shape index (κ1) is 41.9. The van der Waals surface area contributed by atoms with Gasteiger partial charge in [0.15, 0.2) is 0 Å². The summed E-state index contributed by atoms with van der Waals surface area (Å²) in [4.78, 5) is 14.1. The van der Waals surface area contributed by atoms with Crippen LogP contribution < -0.4 is 5.73 Å². The van der Waals surface area contributed by atoms with Crippen LogP contribution in [0.4, 0.5) is 0 Å². The highest BCUT2D eigenvalue weighted by molar-refractivity contribution is 5.79. The molecule has 11 heteroatoms. The Kier molecular flexibility index (Phi) is 13.1. The Morgan fingerprint density at radius 3 is 2.36 bits per heavy atom. The number of Topliss-reactive ketones (excluding diaryl/α,β-unsaturated/α-hetero) is 1. The summed E-state index contributed by atoms with van der Waals surface area (Å²) < 4.78 is 53.6. The van der Waals surface area contributed by atoms with Crippen molar-refractivity contribution >= 4 is 5.78 Å². The van der Waals surface area contributed by atoms with Gasteiger partial charge in [-0.2, -0.15) is 0 Å². The number of hydrogen-bond acceptors (Lipinski definition) is 11. The summed E-state index contributed by atoms with van der Waals surface area (Å²) in [5.41, 5.74) is 7.16. The van der Waals surface area contributed by atoms with Gasteiger partial charge >= 0.3 is 0 Å². The predicted molar refractivity (Wildman–Crippen MR) is 208 cm³/mol. The number of ether oxygens (including phenoxy) is 8. The fraction of sp³-hybridized carbons (Fsp3) is 0.886. The summed E-state index contributed by atoms with van der Waals surface area (Å²) in [7, 11) is 3.47. The Hall–Kier alpha value is -1.25. The lowest BCUT2D eigenvalue weighted by atomic mass is 9.76. The van der Waals surface area contributed by atoms with Crippen molar-refractivity contribution in [3.05, 3.63) is 24.3 Å². The van der Waals surface area contributed by atoms with Crippen molar-refractivity contribution in [2.75, 3.05) is 20.8 Å². The molecule has 18 atom stereocenters. The number of aliphatic hydroxyl groups is 1. The van der Waals surface area contributed by atoms with Crippen LogP contribution in [0.15, 0.2) is 24.3 Å². The number of hydrogen-bond donors (Lipinski definition) is 2. The molecular formula is C44H71NO10. The lowest BCUT2D eigenvalue weighted by Gasteiger charge is -2.53. The number of aliphatic hydroxyl groups excluding tert-OH is 1. The van der Waals surface area contributed by atoms with Crippen LogP contribution >= 0.6 is 0 Å². The standard InChI is InChI=1S/C44H71NO10/c1-24-13-30-9-11-34-25(2)14-36(53-34)26(3)20-44(6)23-43(5,49-8)21-32-18-40(55-44)42-35(51-32)12-10-31(52-42)15-28(46)16-33-38(19-37(50-30)27(24)4)54-39(41(33)48-7)17-29(47)22-45/h24,26,29-42,47H,2,4,9-23,45H2,1,3,5-8H3/t24-,26-,29?,30?,31?,32?,33?,34?,35?,36?,37?,38+,39?,40?,41-,42+,43+,44+/m1/s1. The molecule has 0 aromatic heterocycles. The van der Waals surface area contributed by atoms with E-state index in [1.54, 1.807) is 14.2 Å². The minimum atomic E-state index is -0.726. The van der Waals surface area contributed by atoms with Gasteiger partial charge in [0.25, 0.3) is 0 Å². The summed E-state index contributed by atoms with van der Waals surface area (Å²) in [5, 5.41) is 10.6. The Labute approximate surface area is 329 Å². The van der Waals surface area contributed by atoms with E-state index in [-0.39, 0.29) is 104 Å². The van der Waals surface area contributed by atoms with Gasteiger partial charge in [-0.25, -0.2) is 0 Å². The third-order valence-electron chi connectivity index (χ3n) is 14.5. The fourth-order valence-corrected chi connectivity index (χ4v) is 11.7. The molecule has 7 fully saturated rings. The van der Waals surface area contributed by atoms with Gasteiger partial charge in [-0.1, -0.05) is 27.0 Å². The van der Waals surface area contributed by atoms with E-state index in [4.69, 9.17) is 43.6 Å². The normalized spacial score (nSPS) is 49.1. The van der Waals surface area contributed by atoms with Crippen molar-refractivity contribution in [3.63, 3.8) is 0 Å². The smallest absolute Gasteiger partial charge is 0.135 e. The summed E-state index contributed by atoms with van der Waals surface area (Å²) in [5.74, 6) is 0.422. The monoisotopic (exact) mass is 774 g/mol. The third kappa shape index (κ3) is 9.32. The molecule has 11 unspecified atom stereocenters. The van der Waals surface area contributed by atoms with Crippen LogP contribution in [0, 0.1) is 17.8 Å². The van der Waals surface area contributed by atoms with Crippen LogP contribution in [0.3, 0.4) is 0 Å². The number of rotatable bonds is 5. The van der Waals surface area contributed by atoms with E-state index in [1.165, 1.54) is 0 Å². The number of ketones is 1. The maximum absolute atomic E-state index is 14.1. The first-order valence-corrected chi connectivity index (χ1v) is 21.5. The second-order valence-electron chi connectivity index (χ2n) is 19.1. The van der Waals surface area contributed by atoms with Crippen molar-refractivity contribution in [1.82, 2.24) is 0 Å². The average Bonchev–Trinajstić information content (AvgIpc) is 3.66. The van der Waals surface area contributed by atoms with Crippen LogP contribution in [-0.4, -0.2) is 122 Å². The molecule has 0 spiro atoms. The van der Waals surface area contributed by atoms with E-state index in [1.807, 2.05) is 0 Å². The molecule has 0 aromatic carbocycles. The zero-order valence-corrected chi connectivity index (χ0v) is 34.5. The average molecular weight is 774 g/mol. The van der Waals surface area contributed by atoms with E-state index in [0.717, 1.165) is 75.4 Å². The van der Waals surface area contributed by atoms with E-state index in [2.05, 4.69) is 40.9 Å². The predicted octanol–water partition coefficient (Wildman–Crippen LogP) is 5.77. The SMILES string of the molecule is C=C1CC2OC1CCC1C[C@@H](C)C(=C)C(C[C@@H]3OC(CC(O)CN)[C@H](OC)C3CC(=O)CC3CCC4OC5CC(O[C@@](C)(C[C@H]2C)C[C@@](C)(OC)C5)[C@H]4O3)O1. The van der Waals surface area contributed by atoms with E-state index in [9.17, 15) is 9.90 Å². The number of nitrogens with two attached hydrogens (primary N) is 1. The number of carbonyl (C=O) groups excluding carboxylic acids is 1. The molecular weight excluding hydrogens is 702 g/mol. The maximum atomic E-state index is 14.1. The Morgan fingerprint density at radius 2 is 1.62 bits per heavy atom. The number of carbonyl (C=O) groups is 1. The lowest BCUT2D eigenvalue weighted by Crippen LogP contribution is -2.60. The zero-order chi connectivity index (χ0) is 39.2. The molecule has 7 aliphatic heterocycles. The second-order valence-corrected chi connectivity index (χ2v) is 19.1. The quantitative estimate of drug-likeness (QED) is 0.330. The largest absolute Gasteiger partial charge is 0.392 e. The van der Waals surface area contributed by atoms with E-state index < -0.39 is 23.4 Å². The molecule has 312 valence electrons. The maximum Gasteiger partial charge on any atom is 0.135 e. The van der Waals surface area contributed by atoms with Gasteiger partial charge in [0.2, 0.25) is 0 Å². The van der Waals surface area contributed by atoms with Crippen LogP contribution in [-0.2, 0) is 42.7 Å². The molecule has 7 aliphatic rings. The lowest BCUT2D eigenvalue weighted by molar-refractivity contribution is -0.283. The van der Waals surface area contributed by atoms with Crippen LogP contribution in [0.5, 0.6) is 0 Å². The first-order valence-electron chi connectivity index (χ1n) is 21.5. The van der Waals surface area contributed by atoms with E-state index in [0.29, 0.717) is 19.3 Å². The molecule has 3 N–H and O–H groups in total. The van der Waals surface area contributed by atoms with Gasteiger partial charge in [-0.05, 0) is 81.8 Å². The van der Waals surface area contributed by atoms with E-state index >= 15 is 0 Å². The third-order valence-corrected chi connectivity index (χ3v) is 14.5. The van der Waals surface area contributed by atoms with Crippen molar-refractivity contribution < 1.29 is 47.8 Å². The fourth-order valence-electron chi connectivity index (χ4n) is 11.7. The number of methoxy groups -OCH3 is 2. The van der Waals surface area contributed by atoms with Gasteiger partial charge in [0.1, 0.15) is 11.9 Å². The van der Waals surface area contributed by atoms with Gasteiger partial charge in [0, 0.05) is 71.6 Å². The molecule has 7 heterocycles. The summed E-state index contributed by atoms with van der Waals surface area (Å²) in [6.07, 6.45) is 6.92. The van der Waals surface area contributed by atoms with Crippen LogP contribution in [0.2, 0.25) is 0 Å². The van der Waals surface area contributed by atoms with Gasteiger partial charge in [-0.15, -0.1) is 0 Å². The molecule has 55 heavy (non-hydrogen) atoms. The molecule has 7 rings (SSSR count). The summed E-state index contributed by atoms with van der Waals surface area (Å²) >= 11 is 0. The van der Waals surface area contributed by atoms with Gasteiger partial charge < -0.3 is 48.7 Å². The summed E-state index contributed by atoms with van der Waals surface area (Å²) in [6.45, 7) is 18.1. The van der Waals surface area contributed by atoms with Crippen molar-refractivity contribution in [2.24, 2.45) is 23.5 Å². The minimum absolute atomic E-state index is 0.0133. The molecule has 0 aromatic rings. The Morgan fingerprint density at radius 1 is 0.836 bits per heavy atom. The Balaban J connectivity index is 1.17. The zero-order valence-electron chi connectivity index (χ0n) is 34.5. The van der Waals surface area contributed by atoms with Crippen molar-refractivity contribution in [1.29, 1.82) is 0 Å². The topological polar surface area (TPSA) is 137 Å². The summed E-state index contributed by atoms with van der Waals surface area (Å²) in [6, 6.07) is 0. The molecule has 0 amide bonds. The van der Waals surface area contributed by atoms with Crippen molar-refractivity contribution in [2.45, 2.75) is 208 Å². The first-order chi connectivity index (χ1) is 26.2. The van der Waals surface area contributed by atoms with Gasteiger partial charge in [0.05, 0.1) is 84.4 Å². The highest BCUT2D eigenvalue weighted by atomic mass is 16.6. The highest BCUT2D eigenvalue weighted by Crippen LogP contribution is 2.47. The number of fused-ring (bicyclic) bond motifs is 8. The van der Waals surface area contributed by atoms with Crippen LogP contribution in [0.25, 0.3) is 0 Å². The molecule has 9 bridgehead atoms.